The van der Waals surface area contributed by atoms with Crippen molar-refractivity contribution in [3.8, 4) is 11.4 Å². The van der Waals surface area contributed by atoms with Gasteiger partial charge in [0, 0.05) is 17.4 Å². The molecule has 1 heterocycles. The molecule has 0 atom stereocenters. The van der Waals surface area contributed by atoms with E-state index in [1.165, 1.54) is 11.8 Å². The molecule has 2 aromatic carbocycles. The van der Waals surface area contributed by atoms with Gasteiger partial charge in [-0.1, -0.05) is 55.8 Å². The highest BCUT2D eigenvalue weighted by molar-refractivity contribution is 6.03. The molecule has 0 radical (unpaired) electrons. The highest BCUT2D eigenvalue weighted by Crippen LogP contribution is 2.14. The van der Waals surface area contributed by atoms with Crippen LogP contribution in [-0.4, -0.2) is 15.9 Å². The number of aromatic nitrogens is 2. The fraction of sp³-hybridized carbons (Fsp3) is 0.190. The number of hydrogen-bond donors (Lipinski definition) is 2. The molecule has 0 aliphatic heterocycles. The molecule has 0 saturated heterocycles. The molecule has 0 aliphatic carbocycles. The Morgan fingerprint density at radius 1 is 1.08 bits per heavy atom. The van der Waals surface area contributed by atoms with E-state index in [2.05, 4.69) is 22.2 Å². The SMILES string of the molecule is CCCCc1ccc(NC(=O)c2cnc(-c3ccccc3)[nH]c2=O)cc1. The van der Waals surface area contributed by atoms with E-state index in [1.54, 1.807) is 0 Å². The summed E-state index contributed by atoms with van der Waals surface area (Å²) in [5.74, 6) is -0.0351. The summed E-state index contributed by atoms with van der Waals surface area (Å²) in [6.45, 7) is 2.16. The Bertz CT molecular complexity index is 931. The average Bonchev–Trinajstić information content (AvgIpc) is 2.68. The molecule has 1 amide bonds. The van der Waals surface area contributed by atoms with E-state index in [9.17, 15) is 9.59 Å². The van der Waals surface area contributed by atoms with Crippen molar-refractivity contribution in [1.82, 2.24) is 9.97 Å². The monoisotopic (exact) mass is 347 g/mol. The van der Waals surface area contributed by atoms with Gasteiger partial charge in [-0.25, -0.2) is 4.98 Å². The first kappa shape index (κ1) is 17.6. The van der Waals surface area contributed by atoms with Crippen LogP contribution in [0.1, 0.15) is 35.7 Å². The number of unbranched alkanes of at least 4 members (excludes halogenated alkanes) is 1. The minimum absolute atomic E-state index is 0.0141. The van der Waals surface area contributed by atoms with E-state index < -0.39 is 11.5 Å². The van der Waals surface area contributed by atoms with Crippen LogP contribution in [0.4, 0.5) is 5.69 Å². The van der Waals surface area contributed by atoms with Gasteiger partial charge < -0.3 is 10.3 Å². The number of H-pyrrole nitrogens is 1. The molecule has 132 valence electrons. The van der Waals surface area contributed by atoms with Crippen LogP contribution in [0.25, 0.3) is 11.4 Å². The van der Waals surface area contributed by atoms with Gasteiger partial charge in [0.2, 0.25) is 0 Å². The summed E-state index contributed by atoms with van der Waals surface area (Å²) in [6.07, 6.45) is 4.62. The lowest BCUT2D eigenvalue weighted by molar-refractivity contribution is 0.102. The summed E-state index contributed by atoms with van der Waals surface area (Å²) in [5, 5.41) is 2.74. The average molecular weight is 347 g/mol. The van der Waals surface area contributed by atoms with E-state index in [1.807, 2.05) is 54.6 Å². The number of anilines is 1. The summed E-state index contributed by atoms with van der Waals surface area (Å²) in [7, 11) is 0. The van der Waals surface area contributed by atoms with E-state index in [-0.39, 0.29) is 5.56 Å². The summed E-state index contributed by atoms with van der Waals surface area (Å²) in [5.41, 5.74) is 2.20. The smallest absolute Gasteiger partial charge is 0.264 e. The van der Waals surface area contributed by atoms with Gasteiger partial charge in [0.05, 0.1) is 0 Å². The maximum absolute atomic E-state index is 12.4. The van der Waals surface area contributed by atoms with Crippen LogP contribution in [0.2, 0.25) is 0 Å². The molecule has 26 heavy (non-hydrogen) atoms. The van der Waals surface area contributed by atoms with E-state index >= 15 is 0 Å². The molecular formula is C21H21N3O2. The fourth-order valence-corrected chi connectivity index (χ4v) is 2.63. The second-order valence-electron chi connectivity index (χ2n) is 6.10. The summed E-state index contributed by atoms with van der Waals surface area (Å²) in [4.78, 5) is 31.5. The van der Waals surface area contributed by atoms with Gasteiger partial charge >= 0.3 is 0 Å². The van der Waals surface area contributed by atoms with Crippen molar-refractivity contribution in [2.75, 3.05) is 5.32 Å². The molecule has 0 saturated carbocycles. The Morgan fingerprint density at radius 3 is 2.46 bits per heavy atom. The number of aryl methyl sites for hydroxylation is 1. The van der Waals surface area contributed by atoms with Crippen LogP contribution in [-0.2, 0) is 6.42 Å². The number of carbonyl (C=O) groups is 1. The minimum Gasteiger partial charge on any atom is -0.322 e. The van der Waals surface area contributed by atoms with Gasteiger partial charge in [-0.3, -0.25) is 9.59 Å². The molecule has 0 unspecified atom stereocenters. The standard InChI is InChI=1S/C21H21N3O2/c1-2-3-7-15-10-12-17(13-11-15)23-20(25)18-14-22-19(24-21(18)26)16-8-5-4-6-9-16/h4-6,8-14H,2-3,7H2,1H3,(H,23,25)(H,22,24,26). The number of benzene rings is 2. The van der Waals surface area contributed by atoms with Crippen LogP contribution in [0, 0.1) is 0 Å². The Labute approximate surface area is 152 Å². The van der Waals surface area contributed by atoms with Crippen LogP contribution in [0.3, 0.4) is 0 Å². The highest BCUT2D eigenvalue weighted by atomic mass is 16.2. The highest BCUT2D eigenvalue weighted by Gasteiger charge is 2.13. The van der Waals surface area contributed by atoms with E-state index in [0.29, 0.717) is 11.5 Å². The number of aromatic amines is 1. The van der Waals surface area contributed by atoms with Gasteiger partial charge in [-0.2, -0.15) is 0 Å². The number of amides is 1. The molecule has 0 bridgehead atoms. The predicted molar refractivity (Wildman–Crippen MR) is 103 cm³/mol. The Morgan fingerprint density at radius 2 is 1.81 bits per heavy atom. The lowest BCUT2D eigenvalue weighted by atomic mass is 10.1. The van der Waals surface area contributed by atoms with Gasteiger partial charge in [0.1, 0.15) is 11.4 Å². The van der Waals surface area contributed by atoms with E-state index in [0.717, 1.165) is 24.8 Å². The molecule has 0 aliphatic rings. The molecule has 0 spiro atoms. The fourth-order valence-electron chi connectivity index (χ4n) is 2.63. The molecular weight excluding hydrogens is 326 g/mol. The number of rotatable bonds is 6. The van der Waals surface area contributed by atoms with Gasteiger partial charge in [-0.15, -0.1) is 0 Å². The van der Waals surface area contributed by atoms with Crippen molar-refractivity contribution < 1.29 is 4.79 Å². The second kappa shape index (κ2) is 8.25. The minimum atomic E-state index is -0.473. The Balaban J connectivity index is 1.73. The number of nitrogens with one attached hydrogen (secondary N) is 2. The van der Waals surface area contributed by atoms with Crippen molar-refractivity contribution in [1.29, 1.82) is 0 Å². The zero-order valence-electron chi connectivity index (χ0n) is 14.7. The van der Waals surface area contributed by atoms with Crippen molar-refractivity contribution in [3.05, 3.63) is 82.3 Å². The lowest BCUT2D eigenvalue weighted by Crippen LogP contribution is -2.24. The Kier molecular flexibility index (Phi) is 5.59. The van der Waals surface area contributed by atoms with Crippen molar-refractivity contribution in [2.24, 2.45) is 0 Å². The van der Waals surface area contributed by atoms with Crippen molar-refractivity contribution in [3.63, 3.8) is 0 Å². The third-order valence-corrected chi connectivity index (χ3v) is 4.12. The number of carbonyl (C=O) groups excluding carboxylic acids is 1. The van der Waals surface area contributed by atoms with Crippen molar-refractivity contribution >= 4 is 11.6 Å². The number of nitrogens with zero attached hydrogens (tertiary/aromatic N) is 1. The Hall–Kier alpha value is -3.21. The zero-order valence-corrected chi connectivity index (χ0v) is 14.7. The van der Waals surface area contributed by atoms with Crippen LogP contribution < -0.4 is 10.9 Å². The molecule has 3 rings (SSSR count). The molecule has 0 fully saturated rings. The molecule has 5 nitrogen and oxygen atoms in total. The molecule has 2 N–H and O–H groups in total. The normalized spacial score (nSPS) is 10.5. The number of hydrogen-bond acceptors (Lipinski definition) is 3. The lowest BCUT2D eigenvalue weighted by Gasteiger charge is -2.07. The third-order valence-electron chi connectivity index (χ3n) is 4.12. The second-order valence-corrected chi connectivity index (χ2v) is 6.10. The first-order valence-corrected chi connectivity index (χ1v) is 8.72. The molecule has 5 heteroatoms. The topological polar surface area (TPSA) is 74.8 Å². The van der Waals surface area contributed by atoms with Gasteiger partial charge in [-0.05, 0) is 30.5 Å². The molecule has 1 aromatic heterocycles. The van der Waals surface area contributed by atoms with Crippen molar-refractivity contribution in [2.45, 2.75) is 26.2 Å². The summed E-state index contributed by atoms with van der Waals surface area (Å²) in [6, 6.07) is 17.0. The maximum Gasteiger partial charge on any atom is 0.264 e. The quantitative estimate of drug-likeness (QED) is 0.707. The van der Waals surface area contributed by atoms with Crippen LogP contribution >= 0.6 is 0 Å². The first-order chi connectivity index (χ1) is 12.7. The summed E-state index contributed by atoms with van der Waals surface area (Å²) < 4.78 is 0. The first-order valence-electron chi connectivity index (χ1n) is 8.72. The molecule has 3 aromatic rings. The maximum atomic E-state index is 12.4. The van der Waals surface area contributed by atoms with Crippen LogP contribution in [0.5, 0.6) is 0 Å². The largest absolute Gasteiger partial charge is 0.322 e. The van der Waals surface area contributed by atoms with E-state index in [4.69, 9.17) is 0 Å². The van der Waals surface area contributed by atoms with Gasteiger partial charge in [0.15, 0.2) is 0 Å². The zero-order chi connectivity index (χ0) is 18.4. The summed E-state index contributed by atoms with van der Waals surface area (Å²) >= 11 is 0. The van der Waals surface area contributed by atoms with Crippen LogP contribution in [0.15, 0.2) is 65.6 Å². The predicted octanol–water partition coefficient (Wildman–Crippen LogP) is 4.03. The van der Waals surface area contributed by atoms with Gasteiger partial charge in [0.25, 0.3) is 11.5 Å². The third kappa shape index (κ3) is 4.25.